The summed E-state index contributed by atoms with van der Waals surface area (Å²) < 4.78 is 39.0. The second kappa shape index (κ2) is 10.7. The number of pyridine rings is 1. The first-order chi connectivity index (χ1) is 18.0. The molecule has 3 heterocycles. The molecule has 0 spiro atoms. The number of anilines is 4. The van der Waals surface area contributed by atoms with E-state index in [0.717, 1.165) is 12.1 Å². The Hall–Kier alpha value is -4.79. The Labute approximate surface area is 216 Å². The zero-order valence-electron chi connectivity index (χ0n) is 19.3. The Balaban J connectivity index is 1.38. The van der Waals surface area contributed by atoms with Crippen LogP contribution in [-0.4, -0.2) is 36.1 Å². The molecule has 0 aliphatic heterocycles. The van der Waals surface area contributed by atoms with Gasteiger partial charge in [0.25, 0.3) is 0 Å². The number of hydrogen-bond acceptors (Lipinski definition) is 8. The first kappa shape index (κ1) is 26.3. The molecule has 0 atom stereocenters. The van der Waals surface area contributed by atoms with Crippen molar-refractivity contribution in [2.75, 3.05) is 16.0 Å². The number of benzene rings is 1. The molecule has 0 bridgehead atoms. The summed E-state index contributed by atoms with van der Waals surface area (Å²) in [6, 6.07) is 8.27. The zero-order chi connectivity index (χ0) is 27.4. The van der Waals surface area contributed by atoms with E-state index in [4.69, 9.17) is 11.6 Å². The van der Waals surface area contributed by atoms with Gasteiger partial charge in [0.15, 0.2) is 5.82 Å². The lowest BCUT2D eigenvalue weighted by atomic mass is 10.2. The van der Waals surface area contributed by atoms with Crippen molar-refractivity contribution in [3.63, 3.8) is 0 Å². The number of H-pyrrole nitrogens is 1. The Morgan fingerprint density at radius 2 is 1.87 bits per heavy atom. The maximum Gasteiger partial charge on any atom is 0.417 e. The van der Waals surface area contributed by atoms with Gasteiger partial charge in [-0.1, -0.05) is 22.8 Å². The predicted octanol–water partition coefficient (Wildman–Crippen LogP) is 5.46. The number of carbonyl (C=O) groups excluding carboxylic acids is 1. The fraction of sp³-hybridized carbons (Fsp3) is 0.136. The van der Waals surface area contributed by atoms with Crippen LogP contribution < -0.4 is 16.0 Å². The lowest BCUT2D eigenvalue weighted by Gasteiger charge is -2.12. The highest BCUT2D eigenvalue weighted by Crippen LogP contribution is 2.36. The molecule has 4 aromatic rings. The van der Waals surface area contributed by atoms with Crippen molar-refractivity contribution >= 4 is 46.6 Å². The van der Waals surface area contributed by atoms with Gasteiger partial charge in [-0.2, -0.15) is 13.2 Å². The maximum atomic E-state index is 13.0. The number of nitrogens with zero attached hydrogens (tertiary/aromatic N) is 5. The second-order valence-corrected chi connectivity index (χ2v) is 8.24. The molecule has 12 nitrogen and oxygen atoms in total. The van der Waals surface area contributed by atoms with E-state index in [0.29, 0.717) is 22.9 Å². The number of aromatic amines is 1. The summed E-state index contributed by atoms with van der Waals surface area (Å²) >= 11 is 5.59. The fourth-order valence-electron chi connectivity index (χ4n) is 3.26. The third-order valence-corrected chi connectivity index (χ3v) is 5.21. The molecular formula is C22H17ClF3N9O3. The van der Waals surface area contributed by atoms with Gasteiger partial charge < -0.3 is 20.7 Å². The number of rotatable bonds is 7. The van der Waals surface area contributed by atoms with Crippen molar-refractivity contribution in [3.05, 3.63) is 86.4 Å². The van der Waals surface area contributed by atoms with Crippen LogP contribution in [0.2, 0.25) is 5.02 Å². The minimum atomic E-state index is -4.67. The number of nitro groups is 1. The van der Waals surface area contributed by atoms with E-state index >= 15 is 0 Å². The molecule has 0 radical (unpaired) electrons. The summed E-state index contributed by atoms with van der Waals surface area (Å²) in [5.41, 5.74) is 0.180. The van der Waals surface area contributed by atoms with Crippen molar-refractivity contribution in [3.8, 4) is 0 Å². The molecule has 0 saturated carbocycles. The molecule has 2 amide bonds. The molecule has 4 N–H and O–H groups in total. The molecule has 0 fully saturated rings. The van der Waals surface area contributed by atoms with Crippen LogP contribution in [0.4, 0.5) is 46.9 Å². The molecule has 0 unspecified atom stereocenters. The van der Waals surface area contributed by atoms with Crippen LogP contribution in [0.3, 0.4) is 0 Å². The Bertz CT molecular complexity index is 1490. The minimum Gasteiger partial charge on any atom is -0.358 e. The number of alkyl halides is 3. The monoisotopic (exact) mass is 547 g/mol. The molecule has 0 aliphatic rings. The third kappa shape index (κ3) is 6.70. The average molecular weight is 548 g/mol. The summed E-state index contributed by atoms with van der Waals surface area (Å²) in [5.74, 6) is 0.910. The number of halogens is 4. The van der Waals surface area contributed by atoms with Crippen LogP contribution in [0.25, 0.3) is 0 Å². The normalized spacial score (nSPS) is 11.2. The van der Waals surface area contributed by atoms with E-state index < -0.39 is 27.7 Å². The highest BCUT2D eigenvalue weighted by atomic mass is 35.5. The lowest BCUT2D eigenvalue weighted by Crippen LogP contribution is -2.20. The third-order valence-electron chi connectivity index (χ3n) is 4.88. The quantitative estimate of drug-likeness (QED) is 0.175. The number of carbonyl (C=O) groups is 1. The molecule has 4 rings (SSSR count). The maximum absolute atomic E-state index is 13.0. The van der Waals surface area contributed by atoms with Crippen LogP contribution in [-0.2, 0) is 12.6 Å². The van der Waals surface area contributed by atoms with Crippen molar-refractivity contribution < 1.29 is 22.9 Å². The lowest BCUT2D eigenvalue weighted by molar-refractivity contribution is -0.389. The highest BCUT2D eigenvalue weighted by molar-refractivity contribution is 6.31. The number of aromatic nitrogens is 5. The molecule has 0 saturated heterocycles. The van der Waals surface area contributed by atoms with Crippen LogP contribution in [0.5, 0.6) is 0 Å². The zero-order valence-corrected chi connectivity index (χ0v) is 20.1. The van der Waals surface area contributed by atoms with Gasteiger partial charge in [-0.05, 0) is 41.7 Å². The van der Waals surface area contributed by atoms with Crippen LogP contribution in [0, 0.1) is 17.0 Å². The van der Waals surface area contributed by atoms with Crippen molar-refractivity contribution in [1.29, 1.82) is 0 Å². The van der Waals surface area contributed by atoms with Gasteiger partial charge >= 0.3 is 18.0 Å². The second-order valence-electron chi connectivity index (χ2n) is 7.83. The van der Waals surface area contributed by atoms with E-state index in [-0.39, 0.29) is 29.6 Å². The largest absolute Gasteiger partial charge is 0.417 e. The van der Waals surface area contributed by atoms with Gasteiger partial charge in [0.1, 0.15) is 17.5 Å². The Morgan fingerprint density at radius 1 is 1.08 bits per heavy atom. The van der Waals surface area contributed by atoms with Crippen LogP contribution in [0.1, 0.15) is 22.6 Å². The van der Waals surface area contributed by atoms with E-state index in [1.165, 1.54) is 24.4 Å². The SMILES string of the molecule is Cc1cc(Nc2cc([N+](=O)[O-])[nH]n2)nc(Cc2ccc(NC(=O)Nc3ccc(Cl)c(C(F)(F)F)c3)nc2)n1. The number of aryl methyl sites for hydroxylation is 1. The number of urea groups is 1. The average Bonchev–Trinajstić information content (AvgIpc) is 3.29. The molecular weight excluding hydrogens is 531 g/mol. The topological polar surface area (TPSA) is 164 Å². The van der Waals surface area contributed by atoms with Crippen molar-refractivity contribution in [2.24, 2.45) is 0 Å². The molecule has 38 heavy (non-hydrogen) atoms. The van der Waals surface area contributed by atoms with Crippen molar-refractivity contribution in [1.82, 2.24) is 25.1 Å². The number of amides is 2. The molecule has 16 heteroatoms. The van der Waals surface area contributed by atoms with E-state index in [1.54, 1.807) is 19.1 Å². The Kier molecular flexibility index (Phi) is 7.38. The first-order valence-electron chi connectivity index (χ1n) is 10.7. The fourth-order valence-corrected chi connectivity index (χ4v) is 3.48. The van der Waals surface area contributed by atoms with Gasteiger partial charge in [-0.3, -0.25) is 5.32 Å². The van der Waals surface area contributed by atoms with Gasteiger partial charge in [0, 0.05) is 30.1 Å². The Morgan fingerprint density at radius 3 is 2.53 bits per heavy atom. The van der Waals surface area contributed by atoms with Gasteiger partial charge in [-0.15, -0.1) is 5.10 Å². The summed E-state index contributed by atoms with van der Waals surface area (Å²) in [7, 11) is 0. The summed E-state index contributed by atoms with van der Waals surface area (Å²) in [4.78, 5) is 35.3. The highest BCUT2D eigenvalue weighted by Gasteiger charge is 2.33. The number of nitrogens with one attached hydrogen (secondary N) is 4. The smallest absolute Gasteiger partial charge is 0.358 e. The van der Waals surface area contributed by atoms with Gasteiger partial charge in [-0.25, -0.2) is 19.7 Å². The van der Waals surface area contributed by atoms with Gasteiger partial charge in [0.05, 0.1) is 16.7 Å². The van der Waals surface area contributed by atoms with Crippen molar-refractivity contribution in [2.45, 2.75) is 19.5 Å². The molecule has 3 aromatic heterocycles. The summed E-state index contributed by atoms with van der Waals surface area (Å²) in [6.45, 7) is 1.76. The van der Waals surface area contributed by atoms with E-state index in [1.807, 2.05) is 0 Å². The molecule has 1 aromatic carbocycles. The van der Waals surface area contributed by atoms with Crippen LogP contribution >= 0.6 is 11.6 Å². The van der Waals surface area contributed by atoms with Gasteiger partial charge in [0.2, 0.25) is 0 Å². The standard InChI is InChI=1S/C22H17ClF3N9O3/c1-11-6-17(31-19-9-20(34-33-19)35(37)38)30-18(28-11)7-12-2-5-16(27-10-12)32-21(36)29-13-3-4-15(23)14(8-13)22(24,25)26/h2-6,8-10H,7H2,1H3,(H2,27,29,32,36)(H2,28,30,31,33,34). The molecule has 196 valence electrons. The first-order valence-corrected chi connectivity index (χ1v) is 11.0. The van der Waals surface area contributed by atoms with E-state index in [2.05, 4.69) is 41.1 Å². The van der Waals surface area contributed by atoms with E-state index in [9.17, 15) is 28.1 Å². The molecule has 0 aliphatic carbocycles. The summed E-state index contributed by atoms with van der Waals surface area (Å²) in [5, 5.41) is 24.0. The number of hydrogen-bond donors (Lipinski definition) is 4. The minimum absolute atomic E-state index is 0.0960. The summed E-state index contributed by atoms with van der Waals surface area (Å²) in [6.07, 6.45) is -2.91. The predicted molar refractivity (Wildman–Crippen MR) is 131 cm³/mol. The van der Waals surface area contributed by atoms with Crippen LogP contribution in [0.15, 0.2) is 48.7 Å².